The fourth-order valence-electron chi connectivity index (χ4n) is 4.46. The number of likely N-dealkylation sites (tertiary alicyclic amines) is 2. The number of ether oxygens (including phenoxy) is 2. The highest BCUT2D eigenvalue weighted by atomic mass is 16.7. The van der Waals surface area contributed by atoms with Crippen LogP contribution in [0.15, 0.2) is 24.3 Å². The van der Waals surface area contributed by atoms with E-state index in [2.05, 4.69) is 45.4 Å². The monoisotopic (exact) mass is 419 g/mol. The highest BCUT2D eigenvalue weighted by molar-refractivity contribution is 5.27. The molecular formula is C25H45N3O2. The van der Waals surface area contributed by atoms with E-state index in [4.69, 9.17) is 9.47 Å². The van der Waals surface area contributed by atoms with Crippen molar-refractivity contribution in [2.45, 2.75) is 58.3 Å². The van der Waals surface area contributed by atoms with E-state index >= 15 is 0 Å². The van der Waals surface area contributed by atoms with Gasteiger partial charge in [0.1, 0.15) is 0 Å². The van der Waals surface area contributed by atoms with Crippen molar-refractivity contribution in [1.82, 2.24) is 0 Å². The average Bonchev–Trinajstić information content (AvgIpc) is 3.20. The molecule has 0 saturated carbocycles. The molecule has 4 heterocycles. The van der Waals surface area contributed by atoms with Crippen LogP contribution in [-0.2, 0) is 22.4 Å². The summed E-state index contributed by atoms with van der Waals surface area (Å²) >= 11 is 0. The van der Waals surface area contributed by atoms with Gasteiger partial charge in [0.15, 0.2) is 5.79 Å². The standard InChI is InChI=1S/C10H13N.C8H15NO2.C6H13N.CH4/c1-11-7-6-9-4-2-3-5-10(9)8-11;1-9-4-2-8(3-5-9)10-6-7-11-8;1-7-5-3-2-4-6-7;/h2-5,11H,1,6-8H2;9H,1-7H2;7H,1-6H2;1H4. The van der Waals surface area contributed by atoms with Crippen LogP contribution < -0.4 is 14.7 Å². The predicted octanol–water partition coefficient (Wildman–Crippen LogP) is 0.102. The van der Waals surface area contributed by atoms with Crippen LogP contribution >= 0.6 is 0 Å². The maximum Gasteiger partial charge on any atom is 0.179 e. The number of quaternary nitrogens is 3. The van der Waals surface area contributed by atoms with Gasteiger partial charge in [-0.05, 0) is 24.8 Å². The molecule has 1 atom stereocenters. The molecule has 5 rings (SSSR count). The van der Waals surface area contributed by atoms with Gasteiger partial charge >= 0.3 is 0 Å². The lowest BCUT2D eigenvalue weighted by atomic mass is 10.0. The third-order valence-electron chi connectivity index (χ3n) is 6.40. The first-order valence-corrected chi connectivity index (χ1v) is 11.4. The largest absolute Gasteiger partial charge is 0.468 e. The van der Waals surface area contributed by atoms with Gasteiger partial charge in [0.2, 0.25) is 0 Å². The van der Waals surface area contributed by atoms with Gasteiger partial charge in [-0.1, -0.05) is 31.7 Å². The molecule has 3 saturated heterocycles. The van der Waals surface area contributed by atoms with Gasteiger partial charge in [-0.15, -0.1) is 0 Å². The minimum absolute atomic E-state index is 0. The van der Waals surface area contributed by atoms with E-state index in [1.54, 1.807) is 0 Å². The van der Waals surface area contributed by atoms with Crippen molar-refractivity contribution in [2.24, 2.45) is 0 Å². The second-order valence-electron chi connectivity index (χ2n) is 8.86. The number of benzene rings is 1. The van der Waals surface area contributed by atoms with Crippen molar-refractivity contribution in [2.75, 3.05) is 45.9 Å². The van der Waals surface area contributed by atoms with Gasteiger partial charge < -0.3 is 24.2 Å². The van der Waals surface area contributed by atoms with Crippen LogP contribution in [-0.4, -0.2) is 51.7 Å². The summed E-state index contributed by atoms with van der Waals surface area (Å²) in [5.74, 6) is -0.207. The fourth-order valence-corrected chi connectivity index (χ4v) is 4.46. The van der Waals surface area contributed by atoms with E-state index in [-0.39, 0.29) is 13.2 Å². The molecule has 4 aliphatic rings. The first kappa shape index (κ1) is 25.3. The lowest BCUT2D eigenvalue weighted by Crippen LogP contribution is -3.08. The Balaban J connectivity index is 0.000000162. The normalized spacial score (nSPS) is 25.8. The van der Waals surface area contributed by atoms with E-state index in [0.717, 1.165) is 45.7 Å². The maximum absolute atomic E-state index is 5.57. The smallest absolute Gasteiger partial charge is 0.179 e. The lowest BCUT2D eigenvalue weighted by molar-refractivity contribution is -0.870. The van der Waals surface area contributed by atoms with Crippen LogP contribution in [0.4, 0.5) is 0 Å². The SMILES string of the molecule is C.[CH2-][NH+]1CCC2(CC1)OCCO2.[CH2-][NH+]1CCCCC1.[CH2-][NH+]1CCc2ccccc2C1. The Hall–Kier alpha value is -0.980. The Morgan fingerprint density at radius 3 is 1.83 bits per heavy atom. The molecule has 1 aromatic carbocycles. The minimum atomic E-state index is -0.207. The number of piperidine rings is 2. The first-order valence-electron chi connectivity index (χ1n) is 11.4. The Bertz CT molecular complexity index is 588. The highest BCUT2D eigenvalue weighted by Crippen LogP contribution is 2.27. The summed E-state index contributed by atoms with van der Waals surface area (Å²) in [5, 5.41) is 0. The predicted molar refractivity (Wildman–Crippen MR) is 122 cm³/mol. The highest BCUT2D eigenvalue weighted by Gasteiger charge is 2.39. The van der Waals surface area contributed by atoms with Gasteiger partial charge in [0.05, 0.1) is 52.5 Å². The molecule has 1 unspecified atom stereocenters. The molecule has 3 N–H and O–H groups in total. The van der Waals surface area contributed by atoms with Crippen molar-refractivity contribution in [3.05, 3.63) is 56.5 Å². The first-order chi connectivity index (χ1) is 14.1. The van der Waals surface area contributed by atoms with Gasteiger partial charge in [0.25, 0.3) is 0 Å². The molecular weight excluding hydrogens is 374 g/mol. The van der Waals surface area contributed by atoms with E-state index in [0.29, 0.717) is 0 Å². The lowest BCUT2D eigenvalue weighted by Gasteiger charge is -2.36. The molecule has 1 spiro atoms. The van der Waals surface area contributed by atoms with Crippen LogP contribution in [0.1, 0.15) is 50.7 Å². The molecule has 0 aromatic heterocycles. The zero-order valence-electron chi connectivity index (χ0n) is 18.1. The van der Waals surface area contributed by atoms with Crippen LogP contribution in [0.25, 0.3) is 0 Å². The topological polar surface area (TPSA) is 31.8 Å². The minimum Gasteiger partial charge on any atom is -0.468 e. The molecule has 0 radical (unpaired) electrons. The molecule has 0 amide bonds. The molecule has 0 aliphatic carbocycles. The summed E-state index contributed by atoms with van der Waals surface area (Å²) in [6.07, 6.45) is 7.41. The van der Waals surface area contributed by atoms with Crippen molar-refractivity contribution >= 4 is 0 Å². The zero-order valence-corrected chi connectivity index (χ0v) is 18.1. The van der Waals surface area contributed by atoms with Crippen molar-refractivity contribution in [1.29, 1.82) is 0 Å². The summed E-state index contributed by atoms with van der Waals surface area (Å²) in [5.41, 5.74) is 2.99. The molecule has 0 bridgehead atoms. The average molecular weight is 420 g/mol. The van der Waals surface area contributed by atoms with Crippen LogP contribution in [0.2, 0.25) is 0 Å². The van der Waals surface area contributed by atoms with Crippen LogP contribution in [0.3, 0.4) is 0 Å². The molecule has 1 aromatic rings. The summed E-state index contributed by atoms with van der Waals surface area (Å²) in [4.78, 5) is 4.18. The summed E-state index contributed by atoms with van der Waals surface area (Å²) in [6, 6.07) is 8.66. The van der Waals surface area contributed by atoms with Gasteiger partial charge in [-0.25, -0.2) is 0 Å². The van der Waals surface area contributed by atoms with Crippen LogP contribution in [0.5, 0.6) is 0 Å². The fraction of sp³-hybridized carbons (Fsp3) is 0.640. The van der Waals surface area contributed by atoms with Crippen molar-refractivity contribution in [3.63, 3.8) is 0 Å². The molecule has 4 aliphatic heterocycles. The van der Waals surface area contributed by atoms with E-state index in [1.165, 1.54) is 71.1 Å². The molecule has 5 nitrogen and oxygen atoms in total. The third kappa shape index (κ3) is 7.93. The second-order valence-corrected chi connectivity index (χ2v) is 8.86. The Morgan fingerprint density at radius 1 is 0.700 bits per heavy atom. The van der Waals surface area contributed by atoms with E-state index in [9.17, 15) is 0 Å². The van der Waals surface area contributed by atoms with Gasteiger partial charge in [-0.2, -0.15) is 21.1 Å². The maximum atomic E-state index is 5.57. The number of hydrogen-bond acceptors (Lipinski definition) is 2. The Labute approximate surface area is 185 Å². The molecule has 3 fully saturated rings. The van der Waals surface area contributed by atoms with E-state index < -0.39 is 0 Å². The number of rotatable bonds is 0. The van der Waals surface area contributed by atoms with Crippen molar-refractivity contribution < 1.29 is 24.2 Å². The van der Waals surface area contributed by atoms with Gasteiger partial charge in [0, 0.05) is 24.8 Å². The summed E-state index contributed by atoms with van der Waals surface area (Å²) in [6.45, 7) is 8.53. The third-order valence-corrected chi connectivity index (χ3v) is 6.40. The summed E-state index contributed by atoms with van der Waals surface area (Å²) in [7, 11) is 11.9. The quantitative estimate of drug-likeness (QED) is 0.521. The molecule has 172 valence electrons. The second kappa shape index (κ2) is 12.8. The van der Waals surface area contributed by atoms with Crippen molar-refractivity contribution in [3.8, 4) is 0 Å². The molecule has 30 heavy (non-hydrogen) atoms. The summed E-state index contributed by atoms with van der Waals surface area (Å²) < 4.78 is 11.1. The van der Waals surface area contributed by atoms with Crippen LogP contribution in [0, 0.1) is 21.1 Å². The van der Waals surface area contributed by atoms with E-state index in [1.807, 2.05) is 0 Å². The van der Waals surface area contributed by atoms with Gasteiger partial charge in [-0.3, -0.25) is 0 Å². The molecule has 5 heteroatoms. The number of nitrogens with one attached hydrogen (secondary N) is 3. The number of hydrogen-bond donors (Lipinski definition) is 3. The Morgan fingerprint density at radius 2 is 1.27 bits per heavy atom. The number of fused-ring (bicyclic) bond motifs is 1. The zero-order chi connectivity index (χ0) is 20.5. The Kier molecular flexibility index (Phi) is 10.8.